The zero-order valence-electron chi connectivity index (χ0n) is 16.2. The number of aldehydes is 1. The normalized spacial score (nSPS) is 16.7. The van der Waals surface area contributed by atoms with Gasteiger partial charge >= 0.3 is 0 Å². The molecule has 2 aliphatic carbocycles. The molecule has 4 aromatic rings. The SMILES string of the molecule is O=Cc1ccc(-c2nc3cc4c(cc3[nH]2)C2(CCCCC2)c2ccccc2-4)cc1. The minimum atomic E-state index is 0.162. The fourth-order valence-electron chi connectivity index (χ4n) is 5.51. The molecule has 3 heteroatoms. The highest BCUT2D eigenvalue weighted by molar-refractivity contribution is 5.91. The van der Waals surface area contributed by atoms with E-state index in [1.165, 1.54) is 54.4 Å². The number of rotatable bonds is 2. The summed E-state index contributed by atoms with van der Waals surface area (Å²) in [6.45, 7) is 0. The van der Waals surface area contributed by atoms with Crippen molar-refractivity contribution < 1.29 is 4.79 Å². The van der Waals surface area contributed by atoms with Crippen LogP contribution in [0.3, 0.4) is 0 Å². The van der Waals surface area contributed by atoms with Crippen molar-refractivity contribution in [1.82, 2.24) is 9.97 Å². The van der Waals surface area contributed by atoms with E-state index in [2.05, 4.69) is 41.4 Å². The second-order valence-electron chi connectivity index (χ2n) is 8.43. The average Bonchev–Trinajstić information content (AvgIpc) is 3.31. The molecular formula is C26H22N2O. The summed E-state index contributed by atoms with van der Waals surface area (Å²) in [5.41, 5.74) is 9.64. The van der Waals surface area contributed by atoms with E-state index in [-0.39, 0.29) is 5.41 Å². The van der Waals surface area contributed by atoms with Gasteiger partial charge < -0.3 is 4.98 Å². The van der Waals surface area contributed by atoms with Gasteiger partial charge in [0.2, 0.25) is 0 Å². The van der Waals surface area contributed by atoms with Crippen molar-refractivity contribution in [1.29, 1.82) is 0 Å². The molecule has 0 saturated heterocycles. The molecule has 1 heterocycles. The molecule has 29 heavy (non-hydrogen) atoms. The first-order valence-corrected chi connectivity index (χ1v) is 10.5. The number of hydrogen-bond acceptors (Lipinski definition) is 2. The van der Waals surface area contributed by atoms with Gasteiger partial charge in [-0.15, -0.1) is 0 Å². The van der Waals surface area contributed by atoms with Crippen LogP contribution < -0.4 is 0 Å². The number of H-pyrrole nitrogens is 1. The zero-order valence-corrected chi connectivity index (χ0v) is 16.2. The molecule has 1 N–H and O–H groups in total. The molecule has 0 bridgehead atoms. The Morgan fingerprint density at radius 3 is 2.45 bits per heavy atom. The molecule has 2 aliphatic rings. The third-order valence-electron chi connectivity index (χ3n) is 6.90. The number of fused-ring (bicyclic) bond motifs is 6. The number of aromatic amines is 1. The van der Waals surface area contributed by atoms with Crippen LogP contribution in [0.5, 0.6) is 0 Å². The highest BCUT2D eigenvalue weighted by atomic mass is 16.1. The van der Waals surface area contributed by atoms with Gasteiger partial charge in [-0.05, 0) is 47.2 Å². The fraction of sp³-hybridized carbons (Fsp3) is 0.231. The van der Waals surface area contributed by atoms with Crippen LogP contribution in [0.15, 0.2) is 60.7 Å². The van der Waals surface area contributed by atoms with E-state index in [0.29, 0.717) is 5.56 Å². The average molecular weight is 378 g/mol. The lowest BCUT2D eigenvalue weighted by atomic mass is 9.68. The Morgan fingerprint density at radius 1 is 0.862 bits per heavy atom. The quantitative estimate of drug-likeness (QED) is 0.418. The topological polar surface area (TPSA) is 45.8 Å². The summed E-state index contributed by atoms with van der Waals surface area (Å²) in [4.78, 5) is 19.3. The zero-order chi connectivity index (χ0) is 19.4. The van der Waals surface area contributed by atoms with Crippen molar-refractivity contribution in [2.75, 3.05) is 0 Å². The molecule has 0 unspecified atom stereocenters. The lowest BCUT2D eigenvalue weighted by Gasteiger charge is -2.35. The molecule has 1 spiro atoms. The van der Waals surface area contributed by atoms with E-state index in [1.54, 1.807) is 0 Å². The number of carbonyl (C=O) groups excluding carboxylic acids is 1. The van der Waals surface area contributed by atoms with E-state index in [0.717, 1.165) is 28.7 Å². The molecular weight excluding hydrogens is 356 g/mol. The van der Waals surface area contributed by atoms with Gasteiger partial charge in [-0.25, -0.2) is 4.98 Å². The molecule has 3 nitrogen and oxygen atoms in total. The molecule has 0 aliphatic heterocycles. The van der Waals surface area contributed by atoms with Crippen molar-refractivity contribution in [3.63, 3.8) is 0 Å². The number of carbonyl (C=O) groups is 1. The first-order chi connectivity index (χ1) is 14.3. The molecule has 1 aromatic heterocycles. The maximum atomic E-state index is 10.9. The molecule has 0 amide bonds. The Labute approximate surface area is 169 Å². The first kappa shape index (κ1) is 16.7. The first-order valence-electron chi connectivity index (χ1n) is 10.5. The highest BCUT2D eigenvalue weighted by Crippen LogP contribution is 2.56. The lowest BCUT2D eigenvalue weighted by Crippen LogP contribution is -2.27. The van der Waals surface area contributed by atoms with Gasteiger partial charge in [0, 0.05) is 16.5 Å². The summed E-state index contributed by atoms with van der Waals surface area (Å²) >= 11 is 0. The molecule has 142 valence electrons. The number of benzene rings is 3. The van der Waals surface area contributed by atoms with Crippen LogP contribution in [0, 0.1) is 0 Å². The second-order valence-corrected chi connectivity index (χ2v) is 8.43. The van der Waals surface area contributed by atoms with Crippen LogP contribution in [0.25, 0.3) is 33.5 Å². The van der Waals surface area contributed by atoms with Gasteiger partial charge in [-0.3, -0.25) is 4.79 Å². The van der Waals surface area contributed by atoms with Crippen LogP contribution in [-0.4, -0.2) is 16.3 Å². The maximum absolute atomic E-state index is 10.9. The maximum Gasteiger partial charge on any atom is 0.150 e. The van der Waals surface area contributed by atoms with E-state index in [1.807, 2.05) is 24.3 Å². The van der Waals surface area contributed by atoms with E-state index in [9.17, 15) is 4.79 Å². The Bertz CT molecular complexity index is 1240. The summed E-state index contributed by atoms with van der Waals surface area (Å²) < 4.78 is 0. The molecule has 1 saturated carbocycles. The molecule has 1 fully saturated rings. The van der Waals surface area contributed by atoms with Crippen LogP contribution in [-0.2, 0) is 5.41 Å². The smallest absolute Gasteiger partial charge is 0.150 e. The third kappa shape index (κ3) is 2.37. The van der Waals surface area contributed by atoms with E-state index >= 15 is 0 Å². The number of imidazole rings is 1. The largest absolute Gasteiger partial charge is 0.338 e. The number of nitrogens with one attached hydrogen (secondary N) is 1. The van der Waals surface area contributed by atoms with E-state index in [4.69, 9.17) is 4.98 Å². The Hall–Kier alpha value is -3.20. The predicted octanol–water partition coefficient (Wildman–Crippen LogP) is 6.27. The van der Waals surface area contributed by atoms with Crippen molar-refractivity contribution in [2.24, 2.45) is 0 Å². The van der Waals surface area contributed by atoms with Crippen LogP contribution in [0.2, 0.25) is 0 Å². The fourth-order valence-corrected chi connectivity index (χ4v) is 5.51. The van der Waals surface area contributed by atoms with Crippen molar-refractivity contribution >= 4 is 17.3 Å². The monoisotopic (exact) mass is 378 g/mol. The Morgan fingerprint density at radius 2 is 1.66 bits per heavy atom. The molecule has 0 atom stereocenters. The van der Waals surface area contributed by atoms with E-state index < -0.39 is 0 Å². The lowest BCUT2D eigenvalue weighted by molar-refractivity contribution is 0.112. The summed E-state index contributed by atoms with van der Waals surface area (Å²) in [6, 6.07) is 21.1. The number of aromatic nitrogens is 2. The van der Waals surface area contributed by atoms with Gasteiger partial charge in [0.05, 0.1) is 11.0 Å². The van der Waals surface area contributed by atoms with Crippen molar-refractivity contribution in [3.8, 4) is 22.5 Å². The predicted molar refractivity (Wildman–Crippen MR) is 116 cm³/mol. The summed E-state index contributed by atoms with van der Waals surface area (Å²) in [5, 5.41) is 0. The number of hydrogen-bond donors (Lipinski definition) is 1. The van der Waals surface area contributed by atoms with Gasteiger partial charge in [-0.2, -0.15) is 0 Å². The van der Waals surface area contributed by atoms with Gasteiger partial charge in [-0.1, -0.05) is 67.8 Å². The third-order valence-corrected chi connectivity index (χ3v) is 6.90. The van der Waals surface area contributed by atoms with Crippen LogP contribution >= 0.6 is 0 Å². The van der Waals surface area contributed by atoms with Crippen LogP contribution in [0.4, 0.5) is 0 Å². The van der Waals surface area contributed by atoms with Gasteiger partial charge in [0.25, 0.3) is 0 Å². The Kier molecular flexibility index (Phi) is 3.55. The standard InChI is InChI=1S/C26H22N2O/c29-16-17-8-10-18(11-9-17)25-27-23-14-20-19-6-2-3-7-21(19)26(12-4-1-5-13-26)22(20)15-24(23)28-25/h2-3,6-11,14-16H,1,4-5,12-13H2,(H,27,28). The van der Waals surface area contributed by atoms with Crippen LogP contribution in [0.1, 0.15) is 53.6 Å². The molecule has 0 radical (unpaired) electrons. The summed E-state index contributed by atoms with van der Waals surface area (Å²) in [7, 11) is 0. The van der Waals surface area contributed by atoms with Crippen molar-refractivity contribution in [3.05, 3.63) is 77.4 Å². The second kappa shape index (κ2) is 6.15. The van der Waals surface area contributed by atoms with Gasteiger partial charge in [0.1, 0.15) is 12.1 Å². The minimum Gasteiger partial charge on any atom is -0.338 e. The summed E-state index contributed by atoms with van der Waals surface area (Å²) in [6.07, 6.45) is 7.26. The minimum absolute atomic E-state index is 0.162. The molecule has 3 aromatic carbocycles. The van der Waals surface area contributed by atoms with Gasteiger partial charge in [0.15, 0.2) is 0 Å². The Balaban J connectivity index is 1.54. The summed E-state index contributed by atoms with van der Waals surface area (Å²) in [5.74, 6) is 0.854. The highest BCUT2D eigenvalue weighted by Gasteiger charge is 2.43. The van der Waals surface area contributed by atoms with Crippen molar-refractivity contribution in [2.45, 2.75) is 37.5 Å². The number of nitrogens with zero attached hydrogens (tertiary/aromatic N) is 1. The molecule has 6 rings (SSSR count).